The van der Waals surface area contributed by atoms with Crippen LogP contribution in [0.1, 0.15) is 29.3 Å². The molecule has 9 heteroatoms. The third-order valence-corrected chi connectivity index (χ3v) is 6.59. The Kier molecular flexibility index (Phi) is 6.00. The van der Waals surface area contributed by atoms with Gasteiger partial charge in [0.25, 0.3) is 5.91 Å². The van der Waals surface area contributed by atoms with Crippen LogP contribution in [-0.4, -0.2) is 49.0 Å². The van der Waals surface area contributed by atoms with E-state index >= 15 is 0 Å². The van der Waals surface area contributed by atoms with Crippen molar-refractivity contribution >= 4 is 39.1 Å². The number of carbonyl (C=O) groups excluding carboxylic acids is 2. The third-order valence-electron chi connectivity index (χ3n) is 4.58. The third kappa shape index (κ3) is 4.18. The van der Waals surface area contributed by atoms with E-state index in [0.717, 1.165) is 9.87 Å². The zero-order valence-corrected chi connectivity index (χ0v) is 16.9. The summed E-state index contributed by atoms with van der Waals surface area (Å²) in [4.78, 5) is 30.4. The number of carbonyl (C=O) groups is 2. The number of sulfonamides is 1. The smallest absolute Gasteiger partial charge is 0.255 e. The van der Waals surface area contributed by atoms with Crippen molar-refractivity contribution in [2.24, 2.45) is 0 Å². The molecule has 3 rings (SSSR count). The van der Waals surface area contributed by atoms with Gasteiger partial charge in [-0.05, 0) is 49.2 Å². The molecule has 1 aromatic heterocycles. The Morgan fingerprint density at radius 2 is 1.96 bits per heavy atom. The van der Waals surface area contributed by atoms with Gasteiger partial charge < -0.3 is 4.90 Å². The molecule has 2 aromatic rings. The summed E-state index contributed by atoms with van der Waals surface area (Å²) in [7, 11) is -3.67. The summed E-state index contributed by atoms with van der Waals surface area (Å²) in [6.45, 7) is 2.89. The lowest BCUT2D eigenvalue weighted by Crippen LogP contribution is -2.33. The molecular formula is C19H20ClN3O4S. The van der Waals surface area contributed by atoms with Crippen molar-refractivity contribution in [3.8, 4) is 0 Å². The Morgan fingerprint density at radius 3 is 2.54 bits per heavy atom. The van der Waals surface area contributed by atoms with Gasteiger partial charge in [-0.3, -0.25) is 14.6 Å². The number of aromatic nitrogens is 1. The van der Waals surface area contributed by atoms with Gasteiger partial charge in [-0.2, -0.15) is 0 Å². The van der Waals surface area contributed by atoms with Crippen LogP contribution in [0.5, 0.6) is 0 Å². The maximum atomic E-state index is 12.9. The Bertz CT molecular complexity index is 995. The summed E-state index contributed by atoms with van der Waals surface area (Å²) in [5.41, 5.74) is 1.50. The SMILES string of the molecule is CCN(CCc1ccncc1)C(=O)c1ccc(N2C(=O)CCS2(=O)=O)cc1Cl. The van der Waals surface area contributed by atoms with Crippen molar-refractivity contribution in [3.63, 3.8) is 0 Å². The highest BCUT2D eigenvalue weighted by atomic mass is 35.5. The van der Waals surface area contributed by atoms with Crippen LogP contribution < -0.4 is 4.31 Å². The van der Waals surface area contributed by atoms with Crippen molar-refractivity contribution in [2.45, 2.75) is 19.8 Å². The average Bonchev–Trinajstić information content (AvgIpc) is 2.95. The molecule has 0 radical (unpaired) electrons. The molecule has 0 atom stereocenters. The highest BCUT2D eigenvalue weighted by Gasteiger charge is 2.36. The maximum Gasteiger partial charge on any atom is 0.255 e. The summed E-state index contributed by atoms with van der Waals surface area (Å²) in [6, 6.07) is 8.06. The molecule has 7 nitrogen and oxygen atoms in total. The van der Waals surface area contributed by atoms with Crippen LogP contribution in [0, 0.1) is 0 Å². The Labute approximate surface area is 169 Å². The second-order valence-electron chi connectivity index (χ2n) is 6.38. The van der Waals surface area contributed by atoms with Crippen molar-refractivity contribution in [2.75, 3.05) is 23.1 Å². The molecule has 28 heavy (non-hydrogen) atoms. The number of pyridine rings is 1. The molecule has 1 saturated heterocycles. The van der Waals surface area contributed by atoms with Gasteiger partial charge in [0.05, 0.1) is 22.0 Å². The highest BCUT2D eigenvalue weighted by molar-refractivity contribution is 7.94. The molecule has 1 fully saturated rings. The van der Waals surface area contributed by atoms with E-state index in [9.17, 15) is 18.0 Å². The minimum Gasteiger partial charge on any atom is -0.339 e. The normalized spacial score (nSPS) is 15.6. The van der Waals surface area contributed by atoms with Gasteiger partial charge in [0.1, 0.15) is 0 Å². The Balaban J connectivity index is 1.78. The lowest BCUT2D eigenvalue weighted by Gasteiger charge is -2.22. The Morgan fingerprint density at radius 1 is 1.25 bits per heavy atom. The van der Waals surface area contributed by atoms with Crippen molar-refractivity contribution in [3.05, 3.63) is 58.9 Å². The topological polar surface area (TPSA) is 87.7 Å². The first kappa shape index (κ1) is 20.3. The number of benzene rings is 1. The summed E-state index contributed by atoms with van der Waals surface area (Å²) >= 11 is 6.27. The molecule has 148 valence electrons. The van der Waals surface area contributed by atoms with E-state index in [0.29, 0.717) is 19.5 Å². The maximum absolute atomic E-state index is 12.9. The van der Waals surface area contributed by atoms with Crippen LogP contribution in [0.4, 0.5) is 5.69 Å². The van der Waals surface area contributed by atoms with Gasteiger partial charge in [0.15, 0.2) is 0 Å². The van der Waals surface area contributed by atoms with Gasteiger partial charge >= 0.3 is 0 Å². The number of likely N-dealkylation sites (N-methyl/N-ethyl adjacent to an activating group) is 1. The molecule has 1 aliphatic rings. The predicted octanol–water partition coefficient (Wildman–Crippen LogP) is 2.51. The predicted molar refractivity (Wildman–Crippen MR) is 107 cm³/mol. The highest BCUT2D eigenvalue weighted by Crippen LogP contribution is 2.30. The first-order valence-electron chi connectivity index (χ1n) is 8.87. The molecule has 0 spiro atoms. The molecule has 2 heterocycles. The fourth-order valence-corrected chi connectivity index (χ4v) is 4.77. The molecular weight excluding hydrogens is 402 g/mol. The van der Waals surface area contributed by atoms with Gasteiger partial charge in [0, 0.05) is 31.9 Å². The minimum absolute atomic E-state index is 0.0563. The Hall–Kier alpha value is -2.45. The number of hydrogen-bond acceptors (Lipinski definition) is 5. The molecule has 0 unspecified atom stereocenters. The van der Waals surface area contributed by atoms with E-state index < -0.39 is 15.9 Å². The van der Waals surface area contributed by atoms with Crippen LogP contribution in [-0.2, 0) is 21.2 Å². The van der Waals surface area contributed by atoms with Crippen LogP contribution >= 0.6 is 11.6 Å². The van der Waals surface area contributed by atoms with E-state index in [-0.39, 0.29) is 34.4 Å². The van der Waals surface area contributed by atoms with Crippen LogP contribution in [0.3, 0.4) is 0 Å². The number of nitrogens with zero attached hydrogens (tertiary/aromatic N) is 3. The number of halogens is 1. The van der Waals surface area contributed by atoms with Crippen molar-refractivity contribution in [1.82, 2.24) is 9.88 Å². The van der Waals surface area contributed by atoms with E-state index in [4.69, 9.17) is 11.6 Å². The molecule has 0 aliphatic carbocycles. The first-order chi connectivity index (χ1) is 13.3. The molecule has 1 aliphatic heterocycles. The quantitative estimate of drug-likeness (QED) is 0.715. The summed E-state index contributed by atoms with van der Waals surface area (Å²) in [6.07, 6.45) is 4.03. The molecule has 2 amide bonds. The molecule has 1 aromatic carbocycles. The fraction of sp³-hybridized carbons (Fsp3) is 0.316. The summed E-state index contributed by atoms with van der Waals surface area (Å²) in [5.74, 6) is -0.964. The second kappa shape index (κ2) is 8.28. The molecule has 0 bridgehead atoms. The minimum atomic E-state index is -3.67. The number of anilines is 1. The largest absolute Gasteiger partial charge is 0.339 e. The zero-order chi connectivity index (χ0) is 20.3. The number of rotatable bonds is 6. The zero-order valence-electron chi connectivity index (χ0n) is 15.3. The fourth-order valence-electron chi connectivity index (χ4n) is 3.06. The first-order valence-corrected chi connectivity index (χ1v) is 10.9. The summed E-state index contributed by atoms with van der Waals surface area (Å²) < 4.78 is 24.9. The lowest BCUT2D eigenvalue weighted by atomic mass is 10.1. The van der Waals surface area contributed by atoms with Crippen LogP contribution in [0.2, 0.25) is 5.02 Å². The number of amides is 2. The van der Waals surface area contributed by atoms with Gasteiger partial charge in [0.2, 0.25) is 15.9 Å². The van der Waals surface area contributed by atoms with Crippen LogP contribution in [0.25, 0.3) is 0 Å². The van der Waals surface area contributed by atoms with E-state index in [1.165, 1.54) is 18.2 Å². The lowest BCUT2D eigenvalue weighted by molar-refractivity contribution is -0.116. The monoisotopic (exact) mass is 421 g/mol. The van der Waals surface area contributed by atoms with Crippen molar-refractivity contribution < 1.29 is 18.0 Å². The van der Waals surface area contributed by atoms with E-state index in [1.807, 2.05) is 19.1 Å². The van der Waals surface area contributed by atoms with Gasteiger partial charge in [-0.25, -0.2) is 12.7 Å². The average molecular weight is 422 g/mol. The second-order valence-corrected chi connectivity index (χ2v) is 8.72. The summed E-state index contributed by atoms with van der Waals surface area (Å²) in [5, 5.41) is 0.111. The standard InChI is InChI=1S/C19H20ClN3O4S/c1-2-22(11-7-14-5-9-21-10-6-14)19(25)16-4-3-15(13-17(16)20)23-18(24)8-12-28(23,26)27/h3-6,9-10,13H,2,7-8,11-12H2,1H3. The number of hydrogen-bond donors (Lipinski definition) is 0. The molecule has 0 N–H and O–H groups in total. The van der Waals surface area contributed by atoms with E-state index in [1.54, 1.807) is 17.3 Å². The van der Waals surface area contributed by atoms with Gasteiger partial charge in [-0.15, -0.1) is 0 Å². The van der Waals surface area contributed by atoms with E-state index in [2.05, 4.69) is 4.98 Å². The molecule has 0 saturated carbocycles. The van der Waals surface area contributed by atoms with Crippen molar-refractivity contribution in [1.29, 1.82) is 0 Å². The van der Waals surface area contributed by atoms with Crippen LogP contribution in [0.15, 0.2) is 42.7 Å². The van der Waals surface area contributed by atoms with Gasteiger partial charge in [-0.1, -0.05) is 11.6 Å².